The number of pyridine rings is 1. The van der Waals surface area contributed by atoms with Gasteiger partial charge in [0.2, 0.25) is 5.91 Å². The van der Waals surface area contributed by atoms with E-state index >= 15 is 0 Å². The molecule has 2 aliphatic rings. The second-order valence-corrected chi connectivity index (χ2v) is 12.2. The molecule has 2 aromatic rings. The first-order valence-corrected chi connectivity index (χ1v) is 14.7. The Morgan fingerprint density at radius 1 is 1.23 bits per heavy atom. The van der Waals surface area contributed by atoms with Gasteiger partial charge in [0.1, 0.15) is 5.69 Å². The van der Waals surface area contributed by atoms with Crippen LogP contribution in [0.4, 0.5) is 0 Å². The molecule has 0 N–H and O–H groups in total. The number of hydrogen-bond donors (Lipinski definition) is 0. The average molecular weight is 582 g/mol. The number of hydrogen-bond acceptors (Lipinski definition) is 4. The summed E-state index contributed by atoms with van der Waals surface area (Å²) in [5, 5.41) is 1.35. The third kappa shape index (κ3) is 5.91. The lowest BCUT2D eigenvalue weighted by atomic mass is 9.60. The molecule has 1 unspecified atom stereocenters. The van der Waals surface area contributed by atoms with Gasteiger partial charge in [0.15, 0.2) is 0 Å². The van der Waals surface area contributed by atoms with Gasteiger partial charge in [-0.1, -0.05) is 80.4 Å². The Morgan fingerprint density at radius 2 is 1.98 bits per heavy atom. The van der Waals surface area contributed by atoms with E-state index in [1.54, 1.807) is 13.0 Å². The van der Waals surface area contributed by atoms with Crippen molar-refractivity contribution in [1.82, 2.24) is 9.88 Å². The number of halogens is 2. The summed E-state index contributed by atoms with van der Waals surface area (Å²) in [6.45, 7) is 12.3. The number of nitrogens with zero attached hydrogens (tertiary/aromatic N) is 2. The molecule has 0 radical (unpaired) electrons. The van der Waals surface area contributed by atoms with Crippen LogP contribution < -0.4 is 0 Å². The number of amides is 1. The van der Waals surface area contributed by atoms with Crippen LogP contribution >= 0.6 is 23.2 Å². The minimum absolute atomic E-state index is 0.0245. The van der Waals surface area contributed by atoms with E-state index in [9.17, 15) is 9.59 Å². The van der Waals surface area contributed by atoms with Crippen molar-refractivity contribution in [2.45, 2.75) is 71.4 Å². The van der Waals surface area contributed by atoms with Gasteiger partial charge in [-0.25, -0.2) is 9.78 Å². The van der Waals surface area contributed by atoms with Crippen LogP contribution in [0.2, 0.25) is 5.02 Å². The summed E-state index contributed by atoms with van der Waals surface area (Å²) in [5.41, 5.74) is 0.889. The Kier molecular flexibility index (Phi) is 9.26. The molecular formula is C33H38Cl2N2O3. The van der Waals surface area contributed by atoms with Gasteiger partial charge >= 0.3 is 5.97 Å². The predicted octanol–water partition coefficient (Wildman–Crippen LogP) is 8.42. The Bertz CT molecular complexity index is 1340. The van der Waals surface area contributed by atoms with Gasteiger partial charge in [-0.05, 0) is 68.5 Å². The SMILES string of the molecule is C=CC[C@@]1(C)C[C@H](c2cccc(Cl)c2)[C@@H](C2(C)C=CC(Cl)=CC2)N([C@H](CC)c2cccc(C(=O)OCC)n2)C1=O. The average Bonchev–Trinajstić information content (AvgIpc) is 2.93. The summed E-state index contributed by atoms with van der Waals surface area (Å²) in [6, 6.07) is 12.7. The largest absolute Gasteiger partial charge is 0.461 e. The molecule has 212 valence electrons. The maximum Gasteiger partial charge on any atom is 0.356 e. The van der Waals surface area contributed by atoms with Gasteiger partial charge < -0.3 is 9.64 Å². The molecule has 0 saturated carbocycles. The minimum atomic E-state index is -0.681. The first kappa shape index (κ1) is 30.1. The molecule has 7 heteroatoms. The fourth-order valence-electron chi connectivity index (χ4n) is 6.40. The molecular weight excluding hydrogens is 543 g/mol. The van der Waals surface area contributed by atoms with E-state index in [4.69, 9.17) is 32.9 Å². The van der Waals surface area contributed by atoms with E-state index < -0.39 is 16.8 Å². The summed E-state index contributed by atoms with van der Waals surface area (Å²) in [4.78, 5) is 34.1. The second kappa shape index (κ2) is 12.3. The smallest absolute Gasteiger partial charge is 0.356 e. The first-order valence-electron chi connectivity index (χ1n) is 13.9. The van der Waals surface area contributed by atoms with Gasteiger partial charge in [0, 0.05) is 27.4 Å². The molecule has 1 fully saturated rings. The summed E-state index contributed by atoms with van der Waals surface area (Å²) in [6.07, 6.45) is 10.4. The number of piperidine rings is 1. The predicted molar refractivity (Wildman–Crippen MR) is 161 cm³/mol. The van der Waals surface area contributed by atoms with Crippen LogP contribution in [0.3, 0.4) is 0 Å². The fourth-order valence-corrected chi connectivity index (χ4v) is 6.74. The molecule has 5 atom stereocenters. The molecule has 5 nitrogen and oxygen atoms in total. The Hall–Kier alpha value is -2.89. The van der Waals surface area contributed by atoms with Crippen LogP contribution in [0.1, 0.15) is 87.1 Å². The third-order valence-corrected chi connectivity index (χ3v) is 8.84. The Balaban J connectivity index is 1.93. The third-order valence-electron chi connectivity index (χ3n) is 8.33. The van der Waals surface area contributed by atoms with E-state index in [-0.39, 0.29) is 36.2 Å². The number of carbonyl (C=O) groups is 2. The van der Waals surface area contributed by atoms with Crippen molar-refractivity contribution < 1.29 is 14.3 Å². The van der Waals surface area contributed by atoms with Crippen molar-refractivity contribution in [1.29, 1.82) is 0 Å². The number of allylic oxidation sites excluding steroid dienone is 4. The van der Waals surface area contributed by atoms with Gasteiger partial charge in [0.25, 0.3) is 0 Å². The molecule has 40 heavy (non-hydrogen) atoms. The molecule has 2 heterocycles. The van der Waals surface area contributed by atoms with Gasteiger partial charge in [-0.15, -0.1) is 6.58 Å². The lowest BCUT2D eigenvalue weighted by Gasteiger charge is -2.57. The molecule has 0 bridgehead atoms. The highest BCUT2D eigenvalue weighted by Crippen LogP contribution is 2.54. The lowest BCUT2D eigenvalue weighted by Crippen LogP contribution is -2.61. The standard InChI is InChI=1S/C33H38Cl2N2O3/c1-6-17-33(5)21-25(22-11-9-12-24(35)20-22)29(32(4)18-15-23(34)16-19-32)37(31(33)39)28(7-2)26-13-10-14-27(36-26)30(38)40-8-3/h6,9-16,18,20,25,28-29H,1,7-8,17,19,21H2,2-5H3/t25-,28-,29+,32?,33+/m1/s1. The van der Waals surface area contributed by atoms with Crippen molar-refractivity contribution in [2.75, 3.05) is 6.61 Å². The quantitative estimate of drug-likeness (QED) is 0.220. The monoisotopic (exact) mass is 580 g/mol. The number of likely N-dealkylation sites (tertiary alicyclic amines) is 1. The topological polar surface area (TPSA) is 59.5 Å². The lowest BCUT2D eigenvalue weighted by molar-refractivity contribution is -0.159. The number of rotatable bonds is 9. The summed E-state index contributed by atoms with van der Waals surface area (Å²) >= 11 is 12.9. The Labute approximate surface area is 247 Å². The molecule has 1 amide bonds. The van der Waals surface area contributed by atoms with Crippen LogP contribution in [0, 0.1) is 10.8 Å². The zero-order valence-corrected chi connectivity index (χ0v) is 25.2. The molecule has 4 rings (SSSR count). The molecule has 0 spiro atoms. The van der Waals surface area contributed by atoms with Crippen LogP contribution in [0.15, 0.2) is 78.4 Å². The van der Waals surface area contributed by atoms with E-state index in [0.717, 1.165) is 5.56 Å². The summed E-state index contributed by atoms with van der Waals surface area (Å²) in [7, 11) is 0. The van der Waals surface area contributed by atoms with E-state index in [2.05, 4.69) is 32.6 Å². The minimum Gasteiger partial charge on any atom is -0.461 e. The van der Waals surface area contributed by atoms with Crippen LogP contribution in [-0.4, -0.2) is 34.4 Å². The molecule has 1 saturated heterocycles. The van der Waals surface area contributed by atoms with Crippen LogP contribution in [0.25, 0.3) is 0 Å². The van der Waals surface area contributed by atoms with Crippen molar-refractivity contribution in [3.63, 3.8) is 0 Å². The van der Waals surface area contributed by atoms with Gasteiger partial charge in [-0.2, -0.15) is 0 Å². The van der Waals surface area contributed by atoms with Crippen molar-refractivity contribution in [3.05, 3.63) is 100 Å². The molecule has 1 aromatic carbocycles. The zero-order valence-electron chi connectivity index (χ0n) is 23.7. The van der Waals surface area contributed by atoms with Gasteiger partial charge in [0.05, 0.1) is 23.8 Å². The Morgan fingerprint density at radius 3 is 2.60 bits per heavy atom. The summed E-state index contributed by atoms with van der Waals surface area (Å²) < 4.78 is 5.22. The highest BCUT2D eigenvalue weighted by Gasteiger charge is 2.55. The van der Waals surface area contributed by atoms with Crippen molar-refractivity contribution in [2.24, 2.45) is 10.8 Å². The van der Waals surface area contributed by atoms with Gasteiger partial charge in [-0.3, -0.25) is 4.79 Å². The first-order chi connectivity index (χ1) is 19.1. The normalized spacial score (nSPS) is 27.2. The highest BCUT2D eigenvalue weighted by molar-refractivity contribution is 6.31. The van der Waals surface area contributed by atoms with Crippen LogP contribution in [0.5, 0.6) is 0 Å². The van der Waals surface area contributed by atoms with E-state index in [1.165, 1.54) is 0 Å². The zero-order chi connectivity index (χ0) is 29.1. The highest BCUT2D eigenvalue weighted by atomic mass is 35.5. The van der Waals surface area contributed by atoms with E-state index in [0.29, 0.717) is 41.4 Å². The van der Waals surface area contributed by atoms with Crippen molar-refractivity contribution >= 4 is 35.1 Å². The van der Waals surface area contributed by atoms with Crippen LogP contribution in [-0.2, 0) is 9.53 Å². The summed E-state index contributed by atoms with van der Waals surface area (Å²) in [5.74, 6) is -0.444. The maximum absolute atomic E-state index is 14.7. The molecule has 1 aliphatic carbocycles. The number of aromatic nitrogens is 1. The number of esters is 1. The van der Waals surface area contributed by atoms with Crippen molar-refractivity contribution in [3.8, 4) is 0 Å². The number of ether oxygens (including phenoxy) is 1. The molecule has 1 aliphatic heterocycles. The fraction of sp³-hybridized carbons (Fsp3) is 0.424. The second-order valence-electron chi connectivity index (χ2n) is 11.3. The molecule has 1 aromatic heterocycles. The van der Waals surface area contributed by atoms with E-state index in [1.807, 2.05) is 60.4 Å². The number of carbonyl (C=O) groups excluding carboxylic acids is 2. The maximum atomic E-state index is 14.7. The number of benzene rings is 1.